The Morgan fingerprint density at radius 3 is 2.80 bits per heavy atom. The molecule has 1 aliphatic heterocycles. The van der Waals surface area contributed by atoms with Crippen molar-refractivity contribution in [2.75, 3.05) is 11.5 Å². The SMILES string of the molecule is O=S1(=O)CCCC(NC2CCc3cc(Br)ccc3C2)C1. The molecule has 0 aromatic heterocycles. The van der Waals surface area contributed by atoms with Gasteiger partial charge in [0.05, 0.1) is 11.5 Å². The van der Waals surface area contributed by atoms with E-state index < -0.39 is 9.84 Å². The number of nitrogens with one attached hydrogen (secondary N) is 1. The molecule has 3 nitrogen and oxygen atoms in total. The molecule has 0 radical (unpaired) electrons. The minimum absolute atomic E-state index is 0.149. The van der Waals surface area contributed by atoms with Gasteiger partial charge >= 0.3 is 0 Å². The summed E-state index contributed by atoms with van der Waals surface area (Å²) in [7, 11) is -2.82. The van der Waals surface area contributed by atoms with Gasteiger partial charge in [0.2, 0.25) is 0 Å². The first kappa shape index (κ1) is 14.5. The summed E-state index contributed by atoms with van der Waals surface area (Å²) in [5, 5.41) is 3.58. The third-order valence-electron chi connectivity index (χ3n) is 4.33. The van der Waals surface area contributed by atoms with Gasteiger partial charge in [0, 0.05) is 16.6 Å². The molecule has 2 aliphatic rings. The summed E-state index contributed by atoms with van der Waals surface area (Å²) >= 11 is 3.52. The molecular formula is C15H20BrNO2S. The monoisotopic (exact) mass is 357 g/mol. The lowest BCUT2D eigenvalue weighted by atomic mass is 9.88. The highest BCUT2D eigenvalue weighted by Gasteiger charge is 2.27. The summed E-state index contributed by atoms with van der Waals surface area (Å²) in [6.07, 6.45) is 4.98. The van der Waals surface area contributed by atoms with E-state index in [1.54, 1.807) is 0 Å². The van der Waals surface area contributed by atoms with Gasteiger partial charge in [0.1, 0.15) is 0 Å². The first-order chi connectivity index (χ1) is 9.52. The van der Waals surface area contributed by atoms with Gasteiger partial charge in [-0.05, 0) is 55.4 Å². The summed E-state index contributed by atoms with van der Waals surface area (Å²) in [5.74, 6) is 0.684. The van der Waals surface area contributed by atoms with Crippen LogP contribution in [-0.2, 0) is 22.7 Å². The molecule has 0 bridgehead atoms. The summed E-state index contributed by atoms with van der Waals surface area (Å²) in [6, 6.07) is 7.05. The van der Waals surface area contributed by atoms with Crippen molar-refractivity contribution in [3.8, 4) is 0 Å². The lowest BCUT2D eigenvalue weighted by Crippen LogP contribution is -2.47. The molecule has 110 valence electrons. The molecule has 20 heavy (non-hydrogen) atoms. The molecule has 5 heteroatoms. The van der Waals surface area contributed by atoms with Crippen LogP contribution in [0.5, 0.6) is 0 Å². The Bertz CT molecular complexity index is 600. The third kappa shape index (κ3) is 3.43. The Morgan fingerprint density at radius 1 is 1.15 bits per heavy atom. The van der Waals surface area contributed by atoms with E-state index in [0.717, 1.165) is 36.6 Å². The van der Waals surface area contributed by atoms with Gasteiger partial charge in [-0.2, -0.15) is 0 Å². The van der Waals surface area contributed by atoms with Crippen LogP contribution in [-0.4, -0.2) is 32.0 Å². The number of fused-ring (bicyclic) bond motifs is 1. The fraction of sp³-hybridized carbons (Fsp3) is 0.600. The summed E-state index contributed by atoms with van der Waals surface area (Å²) in [6.45, 7) is 0. The first-order valence-electron chi connectivity index (χ1n) is 7.26. The molecule has 0 amide bonds. The van der Waals surface area contributed by atoms with Gasteiger partial charge in [-0.1, -0.05) is 22.0 Å². The quantitative estimate of drug-likeness (QED) is 0.884. The zero-order valence-electron chi connectivity index (χ0n) is 11.4. The highest BCUT2D eigenvalue weighted by Crippen LogP contribution is 2.25. The predicted octanol–water partition coefficient (Wildman–Crippen LogP) is 2.47. The molecule has 2 atom stereocenters. The van der Waals surface area contributed by atoms with E-state index >= 15 is 0 Å². The highest BCUT2D eigenvalue weighted by molar-refractivity contribution is 9.10. The zero-order valence-corrected chi connectivity index (χ0v) is 13.8. The van der Waals surface area contributed by atoms with E-state index in [0.29, 0.717) is 17.5 Å². The number of hydrogen-bond donors (Lipinski definition) is 1. The second-order valence-corrected chi connectivity index (χ2v) is 9.12. The topological polar surface area (TPSA) is 46.2 Å². The van der Waals surface area contributed by atoms with Crippen molar-refractivity contribution in [3.05, 3.63) is 33.8 Å². The standard InChI is InChI=1S/C15H20BrNO2S/c16-13-5-3-12-9-14(6-4-11(12)8-13)17-15-2-1-7-20(18,19)10-15/h3,5,8,14-15,17H,1-2,4,6-7,9-10H2. The van der Waals surface area contributed by atoms with Crippen molar-refractivity contribution in [2.24, 2.45) is 0 Å². The number of rotatable bonds is 2. The maximum Gasteiger partial charge on any atom is 0.151 e. The first-order valence-corrected chi connectivity index (χ1v) is 9.87. The van der Waals surface area contributed by atoms with Crippen LogP contribution in [0.4, 0.5) is 0 Å². The molecule has 0 saturated carbocycles. The van der Waals surface area contributed by atoms with Crippen molar-refractivity contribution in [1.82, 2.24) is 5.32 Å². The Balaban J connectivity index is 1.64. The van der Waals surface area contributed by atoms with Crippen LogP contribution < -0.4 is 5.32 Å². The smallest absolute Gasteiger partial charge is 0.151 e. The molecule has 1 aromatic rings. The molecule has 1 saturated heterocycles. The Hall–Kier alpha value is -0.390. The molecule has 1 aliphatic carbocycles. The summed E-state index contributed by atoms with van der Waals surface area (Å²) < 4.78 is 24.5. The highest BCUT2D eigenvalue weighted by atomic mass is 79.9. The van der Waals surface area contributed by atoms with Crippen molar-refractivity contribution in [3.63, 3.8) is 0 Å². The average molecular weight is 358 g/mol. The summed E-state index contributed by atoms with van der Waals surface area (Å²) in [4.78, 5) is 0. The van der Waals surface area contributed by atoms with E-state index in [-0.39, 0.29) is 6.04 Å². The Morgan fingerprint density at radius 2 is 2.00 bits per heavy atom. The van der Waals surface area contributed by atoms with E-state index in [1.165, 1.54) is 11.1 Å². The third-order valence-corrected chi connectivity index (χ3v) is 6.65. The van der Waals surface area contributed by atoms with Crippen molar-refractivity contribution in [1.29, 1.82) is 0 Å². The minimum atomic E-state index is -2.82. The van der Waals surface area contributed by atoms with Crippen LogP contribution in [0.25, 0.3) is 0 Å². The van der Waals surface area contributed by atoms with E-state index in [4.69, 9.17) is 0 Å². The average Bonchev–Trinajstić information content (AvgIpc) is 2.38. The summed E-state index contributed by atoms with van der Waals surface area (Å²) in [5.41, 5.74) is 2.82. The number of halogens is 1. The maximum atomic E-state index is 11.7. The molecule has 1 heterocycles. The van der Waals surface area contributed by atoms with Crippen LogP contribution in [0.2, 0.25) is 0 Å². The number of sulfone groups is 1. The molecule has 0 spiro atoms. The molecule has 1 N–H and O–H groups in total. The van der Waals surface area contributed by atoms with Crippen molar-refractivity contribution >= 4 is 25.8 Å². The molecule has 1 aromatic carbocycles. The van der Waals surface area contributed by atoms with Gasteiger partial charge in [-0.3, -0.25) is 0 Å². The van der Waals surface area contributed by atoms with Gasteiger partial charge in [-0.25, -0.2) is 8.42 Å². The van der Waals surface area contributed by atoms with E-state index in [2.05, 4.69) is 39.4 Å². The van der Waals surface area contributed by atoms with Gasteiger partial charge in [0.15, 0.2) is 9.84 Å². The normalized spacial score (nSPS) is 28.9. The van der Waals surface area contributed by atoms with E-state index in [1.807, 2.05) is 0 Å². The van der Waals surface area contributed by atoms with Crippen LogP contribution >= 0.6 is 15.9 Å². The van der Waals surface area contributed by atoms with Crippen LogP contribution in [0.3, 0.4) is 0 Å². The second kappa shape index (κ2) is 5.78. The zero-order chi connectivity index (χ0) is 14.2. The molecular weight excluding hydrogens is 338 g/mol. The van der Waals surface area contributed by atoms with Crippen molar-refractivity contribution < 1.29 is 8.42 Å². The van der Waals surface area contributed by atoms with Gasteiger partial charge in [-0.15, -0.1) is 0 Å². The van der Waals surface area contributed by atoms with Crippen molar-refractivity contribution in [2.45, 2.75) is 44.2 Å². The maximum absolute atomic E-state index is 11.7. The number of aryl methyl sites for hydroxylation is 1. The van der Waals surface area contributed by atoms with Gasteiger partial charge in [0.25, 0.3) is 0 Å². The molecule has 1 fully saturated rings. The molecule has 3 rings (SSSR count). The molecule has 2 unspecified atom stereocenters. The van der Waals surface area contributed by atoms with E-state index in [9.17, 15) is 8.42 Å². The predicted molar refractivity (Wildman–Crippen MR) is 84.8 cm³/mol. The van der Waals surface area contributed by atoms with Crippen LogP contribution in [0, 0.1) is 0 Å². The Kier molecular flexibility index (Phi) is 4.20. The van der Waals surface area contributed by atoms with Crippen LogP contribution in [0.15, 0.2) is 22.7 Å². The van der Waals surface area contributed by atoms with Gasteiger partial charge < -0.3 is 5.32 Å². The fourth-order valence-corrected chi connectivity index (χ4v) is 5.41. The second-order valence-electron chi connectivity index (χ2n) is 5.97. The Labute approximate surface area is 129 Å². The van der Waals surface area contributed by atoms with Crippen LogP contribution in [0.1, 0.15) is 30.4 Å². The lowest BCUT2D eigenvalue weighted by Gasteiger charge is -2.31. The lowest BCUT2D eigenvalue weighted by molar-refractivity contribution is 0.385. The largest absolute Gasteiger partial charge is 0.310 e. The number of hydrogen-bond acceptors (Lipinski definition) is 3. The fourth-order valence-electron chi connectivity index (χ4n) is 3.35. The number of benzene rings is 1. The minimum Gasteiger partial charge on any atom is -0.310 e.